The highest BCUT2D eigenvalue weighted by atomic mass is 19.1. The predicted octanol–water partition coefficient (Wildman–Crippen LogP) is 3.72. The monoisotopic (exact) mass is 278 g/mol. The molecule has 2 rings (SSSR count). The largest absolute Gasteiger partial charge is 0.326 e. The third kappa shape index (κ3) is 3.58. The lowest BCUT2D eigenvalue weighted by molar-refractivity contribution is 0.111. The van der Waals surface area contributed by atoms with Crippen LogP contribution in [0, 0.1) is 11.7 Å². The fourth-order valence-corrected chi connectivity index (χ4v) is 3.45. The van der Waals surface area contributed by atoms with E-state index in [2.05, 4.69) is 18.9 Å². The second kappa shape index (κ2) is 6.68. The van der Waals surface area contributed by atoms with Gasteiger partial charge in [-0.1, -0.05) is 19.1 Å². The Morgan fingerprint density at radius 1 is 1.15 bits per heavy atom. The zero-order chi connectivity index (χ0) is 14.7. The lowest BCUT2D eigenvalue weighted by atomic mass is 9.85. The highest BCUT2D eigenvalue weighted by Gasteiger charge is 2.29. The van der Waals surface area contributed by atoms with E-state index in [-0.39, 0.29) is 17.9 Å². The van der Waals surface area contributed by atoms with Crippen LogP contribution >= 0.6 is 0 Å². The molecule has 0 bridgehead atoms. The van der Waals surface area contributed by atoms with Crippen molar-refractivity contribution in [3.63, 3.8) is 0 Å². The molecule has 2 atom stereocenters. The maximum atomic E-state index is 13.1. The Labute approximate surface area is 122 Å². The second-order valence-corrected chi connectivity index (χ2v) is 6.43. The fourth-order valence-electron chi connectivity index (χ4n) is 3.45. The number of nitrogens with two attached hydrogens (primary N) is 1. The van der Waals surface area contributed by atoms with Crippen LogP contribution in [0.5, 0.6) is 0 Å². The highest BCUT2D eigenvalue weighted by molar-refractivity contribution is 5.21. The van der Waals surface area contributed by atoms with E-state index in [4.69, 9.17) is 5.73 Å². The van der Waals surface area contributed by atoms with Crippen LogP contribution < -0.4 is 5.73 Å². The number of likely N-dealkylation sites (N-methyl/N-ethyl adjacent to an activating group) is 1. The highest BCUT2D eigenvalue weighted by Crippen LogP contribution is 2.32. The Balaban J connectivity index is 2.13. The van der Waals surface area contributed by atoms with Crippen molar-refractivity contribution in [2.75, 3.05) is 7.05 Å². The third-order valence-corrected chi connectivity index (χ3v) is 4.71. The molecule has 0 spiro atoms. The Kier molecular flexibility index (Phi) is 5.17. The van der Waals surface area contributed by atoms with Crippen molar-refractivity contribution in [1.82, 2.24) is 4.90 Å². The summed E-state index contributed by atoms with van der Waals surface area (Å²) >= 11 is 0. The smallest absolute Gasteiger partial charge is 0.123 e. The van der Waals surface area contributed by atoms with Crippen LogP contribution in [0.15, 0.2) is 24.3 Å². The van der Waals surface area contributed by atoms with Crippen molar-refractivity contribution in [2.24, 2.45) is 11.7 Å². The lowest BCUT2D eigenvalue weighted by Gasteiger charge is -2.40. The Hall–Kier alpha value is -0.930. The van der Waals surface area contributed by atoms with Gasteiger partial charge >= 0.3 is 0 Å². The van der Waals surface area contributed by atoms with Crippen LogP contribution in [0.2, 0.25) is 0 Å². The van der Waals surface area contributed by atoms with Gasteiger partial charge in [-0.3, -0.25) is 4.90 Å². The minimum atomic E-state index is -0.189. The molecule has 1 aliphatic carbocycles. The predicted molar refractivity (Wildman–Crippen MR) is 82.0 cm³/mol. The van der Waals surface area contributed by atoms with Crippen LogP contribution in [-0.4, -0.2) is 24.0 Å². The SMILES string of the molecule is CC1CCC(N(C)C(c2ccc(F)cc2)C(C)N)CC1. The van der Waals surface area contributed by atoms with E-state index in [1.165, 1.54) is 37.8 Å². The lowest BCUT2D eigenvalue weighted by Crippen LogP contribution is -2.44. The van der Waals surface area contributed by atoms with Crippen LogP contribution in [0.1, 0.15) is 51.1 Å². The summed E-state index contributed by atoms with van der Waals surface area (Å²) in [6, 6.07) is 7.57. The molecule has 0 saturated heterocycles. The van der Waals surface area contributed by atoms with Gasteiger partial charge in [0.05, 0.1) is 0 Å². The number of nitrogens with zero attached hydrogens (tertiary/aromatic N) is 1. The van der Waals surface area contributed by atoms with E-state index in [1.54, 1.807) is 0 Å². The number of rotatable bonds is 4. The molecule has 0 aromatic heterocycles. The molecule has 2 unspecified atom stereocenters. The normalized spacial score (nSPS) is 26.5. The first-order chi connectivity index (χ1) is 9.49. The molecule has 1 saturated carbocycles. The zero-order valence-corrected chi connectivity index (χ0v) is 12.8. The van der Waals surface area contributed by atoms with Crippen molar-refractivity contribution in [1.29, 1.82) is 0 Å². The molecule has 2 N–H and O–H groups in total. The first kappa shape index (κ1) is 15.5. The molecular weight excluding hydrogens is 251 g/mol. The van der Waals surface area contributed by atoms with Gasteiger partial charge in [-0.2, -0.15) is 0 Å². The molecule has 1 aromatic carbocycles. The third-order valence-electron chi connectivity index (χ3n) is 4.71. The first-order valence-corrected chi connectivity index (χ1v) is 7.72. The van der Waals surface area contributed by atoms with E-state index in [0.717, 1.165) is 11.5 Å². The number of halogens is 1. The van der Waals surface area contributed by atoms with E-state index in [9.17, 15) is 4.39 Å². The first-order valence-electron chi connectivity index (χ1n) is 7.72. The summed E-state index contributed by atoms with van der Waals surface area (Å²) in [6.07, 6.45) is 5.07. The van der Waals surface area contributed by atoms with Crippen LogP contribution in [0.3, 0.4) is 0 Å². The van der Waals surface area contributed by atoms with E-state index < -0.39 is 0 Å². The molecule has 112 valence electrons. The van der Waals surface area contributed by atoms with E-state index in [1.807, 2.05) is 19.1 Å². The maximum Gasteiger partial charge on any atom is 0.123 e. The Morgan fingerprint density at radius 3 is 2.20 bits per heavy atom. The van der Waals surface area contributed by atoms with E-state index >= 15 is 0 Å². The Morgan fingerprint density at radius 2 is 1.70 bits per heavy atom. The summed E-state index contributed by atoms with van der Waals surface area (Å²) < 4.78 is 13.1. The molecule has 1 aromatic rings. The molecule has 3 heteroatoms. The molecule has 0 amide bonds. The minimum Gasteiger partial charge on any atom is -0.326 e. The topological polar surface area (TPSA) is 29.3 Å². The number of hydrogen-bond acceptors (Lipinski definition) is 2. The number of benzene rings is 1. The average molecular weight is 278 g/mol. The van der Waals surface area contributed by atoms with Gasteiger partial charge in [0.2, 0.25) is 0 Å². The van der Waals surface area contributed by atoms with Gasteiger partial charge in [-0.25, -0.2) is 4.39 Å². The van der Waals surface area contributed by atoms with Crippen LogP contribution in [0.4, 0.5) is 4.39 Å². The maximum absolute atomic E-state index is 13.1. The summed E-state index contributed by atoms with van der Waals surface area (Å²) in [5.41, 5.74) is 7.32. The van der Waals surface area contributed by atoms with Gasteiger partial charge in [0.25, 0.3) is 0 Å². The number of hydrogen-bond donors (Lipinski definition) is 1. The van der Waals surface area contributed by atoms with Gasteiger partial charge in [0.15, 0.2) is 0 Å². The molecule has 2 nitrogen and oxygen atoms in total. The molecular formula is C17H27FN2. The summed E-state index contributed by atoms with van der Waals surface area (Å²) in [7, 11) is 2.16. The van der Waals surface area contributed by atoms with Gasteiger partial charge in [0, 0.05) is 18.1 Å². The van der Waals surface area contributed by atoms with Gasteiger partial charge in [-0.05, 0) is 63.3 Å². The Bertz CT molecular complexity index is 408. The minimum absolute atomic E-state index is 0.0322. The van der Waals surface area contributed by atoms with Gasteiger partial charge in [-0.15, -0.1) is 0 Å². The average Bonchev–Trinajstić information content (AvgIpc) is 2.41. The summed E-state index contributed by atoms with van der Waals surface area (Å²) in [4.78, 5) is 2.41. The van der Waals surface area contributed by atoms with Crippen molar-refractivity contribution in [3.8, 4) is 0 Å². The zero-order valence-electron chi connectivity index (χ0n) is 12.8. The summed E-state index contributed by atoms with van der Waals surface area (Å²) in [5.74, 6) is 0.658. The molecule has 1 fully saturated rings. The van der Waals surface area contributed by atoms with Crippen molar-refractivity contribution >= 4 is 0 Å². The van der Waals surface area contributed by atoms with Gasteiger partial charge < -0.3 is 5.73 Å². The molecule has 0 radical (unpaired) electrons. The standard InChI is InChI=1S/C17H27FN2/c1-12-4-10-16(11-5-12)20(3)17(13(2)19)14-6-8-15(18)9-7-14/h6-9,12-13,16-17H,4-5,10-11,19H2,1-3H3. The summed E-state index contributed by atoms with van der Waals surface area (Å²) in [5, 5.41) is 0. The summed E-state index contributed by atoms with van der Waals surface area (Å²) in [6.45, 7) is 4.37. The molecule has 1 aliphatic rings. The second-order valence-electron chi connectivity index (χ2n) is 6.43. The van der Waals surface area contributed by atoms with Crippen molar-refractivity contribution < 1.29 is 4.39 Å². The van der Waals surface area contributed by atoms with Gasteiger partial charge in [0.1, 0.15) is 5.82 Å². The molecule has 20 heavy (non-hydrogen) atoms. The molecule has 0 aliphatic heterocycles. The van der Waals surface area contributed by atoms with Crippen LogP contribution in [0.25, 0.3) is 0 Å². The van der Waals surface area contributed by atoms with Crippen LogP contribution in [-0.2, 0) is 0 Å². The molecule has 0 heterocycles. The van der Waals surface area contributed by atoms with E-state index in [0.29, 0.717) is 6.04 Å². The fraction of sp³-hybridized carbons (Fsp3) is 0.647. The quantitative estimate of drug-likeness (QED) is 0.909. The van der Waals surface area contributed by atoms with Crippen molar-refractivity contribution in [3.05, 3.63) is 35.6 Å². The van der Waals surface area contributed by atoms with Crippen molar-refractivity contribution in [2.45, 2.75) is 57.7 Å².